The molecule has 27 heavy (non-hydrogen) atoms. The molecule has 1 aliphatic heterocycles. The van der Waals surface area contributed by atoms with E-state index in [4.69, 9.17) is 9.84 Å². The highest BCUT2D eigenvalue weighted by Crippen LogP contribution is 2.19. The van der Waals surface area contributed by atoms with E-state index in [0.29, 0.717) is 13.2 Å². The molecule has 0 aliphatic carbocycles. The molecule has 1 saturated heterocycles. The summed E-state index contributed by atoms with van der Waals surface area (Å²) < 4.78 is 5.80. The minimum atomic E-state index is -0.808. The van der Waals surface area contributed by atoms with Gasteiger partial charge in [0.1, 0.15) is 0 Å². The van der Waals surface area contributed by atoms with Crippen LogP contribution in [0.25, 0.3) is 0 Å². The van der Waals surface area contributed by atoms with Crippen molar-refractivity contribution >= 4 is 17.3 Å². The second-order valence-corrected chi connectivity index (χ2v) is 8.22. The molecular weight excluding hydrogens is 362 g/mol. The normalized spacial score (nSPS) is 18.1. The van der Waals surface area contributed by atoms with E-state index in [1.165, 1.54) is 15.4 Å². The summed E-state index contributed by atoms with van der Waals surface area (Å²) in [6.45, 7) is 3.96. The van der Waals surface area contributed by atoms with Crippen molar-refractivity contribution < 1.29 is 14.6 Å². The molecule has 1 aromatic heterocycles. The number of carboxylic acid groups (broad SMARTS) is 1. The maximum absolute atomic E-state index is 10.8. The van der Waals surface area contributed by atoms with E-state index in [9.17, 15) is 4.79 Å². The van der Waals surface area contributed by atoms with Gasteiger partial charge in [0.15, 0.2) is 0 Å². The molecule has 2 heterocycles. The summed E-state index contributed by atoms with van der Waals surface area (Å²) in [4.78, 5) is 20.8. The van der Waals surface area contributed by atoms with Gasteiger partial charge in [-0.15, -0.1) is 11.3 Å². The van der Waals surface area contributed by atoms with E-state index in [1.807, 2.05) is 19.3 Å². The highest BCUT2D eigenvalue weighted by atomic mass is 32.1. The largest absolute Gasteiger partial charge is 0.480 e. The molecule has 1 aromatic carbocycles. The van der Waals surface area contributed by atoms with Crippen LogP contribution in [-0.4, -0.2) is 71.8 Å². The summed E-state index contributed by atoms with van der Waals surface area (Å²) in [5.74, 6) is -0.808. The molecule has 6 nitrogen and oxygen atoms in total. The average molecular weight is 390 g/mol. The zero-order chi connectivity index (χ0) is 19.1. The Bertz CT molecular complexity index is 722. The number of ether oxygens (including phenoxy) is 1. The van der Waals surface area contributed by atoms with E-state index in [0.717, 1.165) is 32.5 Å². The van der Waals surface area contributed by atoms with E-state index in [2.05, 4.69) is 34.1 Å². The van der Waals surface area contributed by atoms with Gasteiger partial charge in [0.05, 0.1) is 24.3 Å². The van der Waals surface area contributed by atoms with Crippen molar-refractivity contribution in [3.8, 4) is 0 Å². The fourth-order valence-corrected chi connectivity index (χ4v) is 4.30. The average Bonchev–Trinajstić information content (AvgIpc) is 3.08. The number of thiazole rings is 1. The van der Waals surface area contributed by atoms with Gasteiger partial charge in [0, 0.05) is 43.7 Å². The zero-order valence-corrected chi connectivity index (χ0v) is 16.5. The second-order valence-electron chi connectivity index (χ2n) is 7.02. The number of morpholine rings is 1. The molecule has 1 fully saturated rings. The molecule has 0 amide bonds. The van der Waals surface area contributed by atoms with Gasteiger partial charge in [-0.2, -0.15) is 0 Å². The Morgan fingerprint density at radius 2 is 2.19 bits per heavy atom. The van der Waals surface area contributed by atoms with E-state index in [-0.39, 0.29) is 12.6 Å². The number of carboxylic acids is 1. The number of aromatic nitrogens is 1. The van der Waals surface area contributed by atoms with E-state index >= 15 is 0 Å². The van der Waals surface area contributed by atoms with Crippen LogP contribution in [0, 0.1) is 0 Å². The lowest BCUT2D eigenvalue weighted by Crippen LogP contribution is -2.47. The Morgan fingerprint density at radius 1 is 1.37 bits per heavy atom. The SMILES string of the molecule is CN(CC(=O)O)CC1CN(Cc2cnc(CCc3ccccc3)s2)CCO1. The molecule has 0 radical (unpaired) electrons. The standard InChI is InChI=1S/C20H27N3O3S/c1-22(15-20(24)25)12-17-13-23(9-10-26-17)14-18-11-21-19(27-18)8-7-16-5-3-2-4-6-16/h2-6,11,17H,7-10,12-15H2,1H3,(H,24,25). The molecule has 1 N–H and O–H groups in total. The number of benzene rings is 1. The Labute approximate surface area is 164 Å². The van der Waals surface area contributed by atoms with Gasteiger partial charge in [-0.25, -0.2) is 4.98 Å². The van der Waals surface area contributed by atoms with Crippen LogP contribution in [-0.2, 0) is 28.9 Å². The fraction of sp³-hybridized carbons (Fsp3) is 0.500. The smallest absolute Gasteiger partial charge is 0.317 e. The Morgan fingerprint density at radius 3 is 2.96 bits per heavy atom. The molecule has 1 aliphatic rings. The minimum Gasteiger partial charge on any atom is -0.480 e. The summed E-state index contributed by atoms with van der Waals surface area (Å²) in [6.07, 6.45) is 4.03. The van der Waals surface area contributed by atoms with Crippen LogP contribution in [0.2, 0.25) is 0 Å². The monoisotopic (exact) mass is 389 g/mol. The van der Waals surface area contributed by atoms with Gasteiger partial charge in [0.25, 0.3) is 0 Å². The third kappa shape index (κ3) is 6.70. The summed E-state index contributed by atoms with van der Waals surface area (Å²) in [5, 5.41) is 10.1. The van der Waals surface area contributed by atoms with Gasteiger partial charge in [0.2, 0.25) is 0 Å². The lowest BCUT2D eigenvalue weighted by molar-refractivity contribution is -0.138. The van der Waals surface area contributed by atoms with Gasteiger partial charge < -0.3 is 9.84 Å². The number of hydrogen-bond donors (Lipinski definition) is 1. The molecule has 0 saturated carbocycles. The summed E-state index contributed by atoms with van der Waals surface area (Å²) in [7, 11) is 1.82. The molecule has 3 rings (SSSR count). The molecular formula is C20H27N3O3S. The number of likely N-dealkylation sites (N-methyl/N-ethyl adjacent to an activating group) is 1. The number of aliphatic carboxylic acids is 1. The Hall–Kier alpha value is -1.80. The topological polar surface area (TPSA) is 65.9 Å². The highest BCUT2D eigenvalue weighted by Gasteiger charge is 2.23. The van der Waals surface area contributed by atoms with Crippen LogP contribution >= 0.6 is 11.3 Å². The van der Waals surface area contributed by atoms with Crippen molar-refractivity contribution in [3.63, 3.8) is 0 Å². The number of nitrogens with zero attached hydrogens (tertiary/aromatic N) is 3. The van der Waals surface area contributed by atoms with Crippen LogP contribution < -0.4 is 0 Å². The number of hydrogen-bond acceptors (Lipinski definition) is 6. The number of carbonyl (C=O) groups is 1. The van der Waals surface area contributed by atoms with Crippen molar-refractivity contribution in [1.82, 2.24) is 14.8 Å². The Balaban J connectivity index is 1.46. The van der Waals surface area contributed by atoms with Crippen LogP contribution in [0.15, 0.2) is 36.5 Å². The Kier molecular flexibility index (Phi) is 7.34. The van der Waals surface area contributed by atoms with Gasteiger partial charge in [-0.1, -0.05) is 30.3 Å². The molecule has 1 unspecified atom stereocenters. The fourth-order valence-electron chi connectivity index (χ4n) is 3.33. The first kappa shape index (κ1) is 19.9. The molecule has 2 aromatic rings. The van der Waals surface area contributed by atoms with E-state index in [1.54, 1.807) is 16.2 Å². The second kappa shape index (κ2) is 9.94. The van der Waals surface area contributed by atoms with Crippen molar-refractivity contribution in [2.45, 2.75) is 25.5 Å². The molecule has 0 bridgehead atoms. The third-order valence-corrected chi connectivity index (χ3v) is 5.64. The molecule has 146 valence electrons. The van der Waals surface area contributed by atoms with Crippen molar-refractivity contribution in [3.05, 3.63) is 52.0 Å². The van der Waals surface area contributed by atoms with Crippen LogP contribution in [0.1, 0.15) is 15.4 Å². The summed E-state index contributed by atoms with van der Waals surface area (Å²) >= 11 is 1.79. The number of aryl methyl sites for hydroxylation is 2. The van der Waals surface area contributed by atoms with Crippen molar-refractivity contribution in [2.75, 3.05) is 39.8 Å². The first-order chi connectivity index (χ1) is 13.1. The van der Waals surface area contributed by atoms with Crippen LogP contribution in [0.4, 0.5) is 0 Å². The lowest BCUT2D eigenvalue weighted by Gasteiger charge is -2.34. The lowest BCUT2D eigenvalue weighted by atomic mass is 10.1. The molecule has 1 atom stereocenters. The summed E-state index contributed by atoms with van der Waals surface area (Å²) in [6, 6.07) is 10.5. The van der Waals surface area contributed by atoms with Gasteiger partial charge >= 0.3 is 5.97 Å². The minimum absolute atomic E-state index is 0.0411. The quantitative estimate of drug-likeness (QED) is 0.709. The number of rotatable bonds is 9. The zero-order valence-electron chi connectivity index (χ0n) is 15.7. The van der Waals surface area contributed by atoms with Crippen molar-refractivity contribution in [2.24, 2.45) is 0 Å². The predicted octanol–water partition coefficient (Wildman–Crippen LogP) is 2.15. The highest BCUT2D eigenvalue weighted by molar-refractivity contribution is 7.11. The van der Waals surface area contributed by atoms with Crippen LogP contribution in [0.5, 0.6) is 0 Å². The predicted molar refractivity (Wildman–Crippen MR) is 106 cm³/mol. The maximum atomic E-state index is 10.8. The van der Waals surface area contributed by atoms with Crippen molar-refractivity contribution in [1.29, 1.82) is 0 Å². The first-order valence-corrected chi connectivity index (χ1v) is 10.1. The first-order valence-electron chi connectivity index (χ1n) is 9.30. The molecule has 0 spiro atoms. The maximum Gasteiger partial charge on any atom is 0.317 e. The third-order valence-electron chi connectivity index (χ3n) is 4.59. The van der Waals surface area contributed by atoms with Crippen LogP contribution in [0.3, 0.4) is 0 Å². The summed E-state index contributed by atoms with van der Waals surface area (Å²) in [5.41, 5.74) is 1.34. The van der Waals surface area contributed by atoms with E-state index < -0.39 is 5.97 Å². The van der Waals surface area contributed by atoms with Gasteiger partial charge in [-0.3, -0.25) is 14.6 Å². The van der Waals surface area contributed by atoms with Gasteiger partial charge in [-0.05, 0) is 19.0 Å². The molecule has 7 heteroatoms.